The smallest absolute Gasteiger partial charge is 0.410 e. The highest BCUT2D eigenvalue weighted by atomic mass is 32.1. The Kier molecular flexibility index (Phi) is 6.21. The standard InChI is InChI=1S/C17H27N3O3S/c1-12-11-24-15(19-12)10-18-14(21)9-13-5-7-20(8-6-13)16(22)23-17(2,3)4/h11,13H,5-10H2,1-4H3,(H,18,21). The Balaban J connectivity index is 1.68. The van der Waals surface area contributed by atoms with Crippen LogP contribution in [0.15, 0.2) is 5.38 Å². The second kappa shape index (κ2) is 7.96. The number of hydrogen-bond donors (Lipinski definition) is 1. The maximum absolute atomic E-state index is 12.1. The van der Waals surface area contributed by atoms with Crippen LogP contribution in [0.25, 0.3) is 0 Å². The van der Waals surface area contributed by atoms with Gasteiger partial charge in [0.1, 0.15) is 10.6 Å². The highest BCUT2D eigenvalue weighted by Crippen LogP contribution is 2.22. The van der Waals surface area contributed by atoms with Crippen molar-refractivity contribution in [2.24, 2.45) is 5.92 Å². The van der Waals surface area contributed by atoms with Gasteiger partial charge in [0.25, 0.3) is 0 Å². The fourth-order valence-electron chi connectivity index (χ4n) is 2.64. The molecular weight excluding hydrogens is 326 g/mol. The van der Waals surface area contributed by atoms with Gasteiger partial charge in [-0.25, -0.2) is 9.78 Å². The van der Waals surface area contributed by atoms with Gasteiger partial charge in [-0.15, -0.1) is 11.3 Å². The molecule has 0 unspecified atom stereocenters. The molecule has 1 aliphatic rings. The van der Waals surface area contributed by atoms with Crippen LogP contribution < -0.4 is 5.32 Å². The summed E-state index contributed by atoms with van der Waals surface area (Å²) in [6.45, 7) is 9.34. The molecule has 6 nitrogen and oxygen atoms in total. The molecule has 1 aromatic heterocycles. The lowest BCUT2D eigenvalue weighted by Crippen LogP contribution is -2.42. The number of nitrogens with zero attached hydrogens (tertiary/aromatic N) is 2. The van der Waals surface area contributed by atoms with Gasteiger partial charge in [0.15, 0.2) is 0 Å². The Hall–Kier alpha value is -1.63. The van der Waals surface area contributed by atoms with Crippen molar-refractivity contribution < 1.29 is 14.3 Å². The molecule has 1 saturated heterocycles. The lowest BCUT2D eigenvalue weighted by atomic mass is 9.93. The summed E-state index contributed by atoms with van der Waals surface area (Å²) in [6, 6.07) is 0. The molecule has 7 heteroatoms. The maximum atomic E-state index is 12.1. The first-order valence-electron chi connectivity index (χ1n) is 8.38. The molecule has 0 spiro atoms. The van der Waals surface area contributed by atoms with Crippen molar-refractivity contribution in [3.05, 3.63) is 16.1 Å². The number of piperidine rings is 1. The zero-order chi connectivity index (χ0) is 17.7. The van der Waals surface area contributed by atoms with Crippen molar-refractivity contribution in [2.45, 2.75) is 59.1 Å². The molecule has 0 aliphatic carbocycles. The van der Waals surface area contributed by atoms with Crippen LogP contribution >= 0.6 is 11.3 Å². The minimum Gasteiger partial charge on any atom is -0.444 e. The van der Waals surface area contributed by atoms with Gasteiger partial charge in [0.05, 0.1) is 6.54 Å². The first kappa shape index (κ1) is 18.7. The summed E-state index contributed by atoms with van der Waals surface area (Å²) in [5.41, 5.74) is 0.515. The predicted molar refractivity (Wildman–Crippen MR) is 93.8 cm³/mol. The topological polar surface area (TPSA) is 71.5 Å². The monoisotopic (exact) mass is 353 g/mol. The number of likely N-dealkylation sites (tertiary alicyclic amines) is 1. The molecule has 1 aromatic rings. The number of ether oxygens (including phenoxy) is 1. The molecule has 0 atom stereocenters. The average molecular weight is 353 g/mol. The summed E-state index contributed by atoms with van der Waals surface area (Å²) >= 11 is 1.56. The summed E-state index contributed by atoms with van der Waals surface area (Å²) in [5.74, 6) is 0.375. The van der Waals surface area contributed by atoms with E-state index in [1.165, 1.54) is 0 Å². The summed E-state index contributed by atoms with van der Waals surface area (Å²) in [5, 5.41) is 5.84. The Morgan fingerprint density at radius 2 is 2.04 bits per heavy atom. The third kappa shape index (κ3) is 6.11. The Morgan fingerprint density at radius 1 is 1.38 bits per heavy atom. The first-order valence-corrected chi connectivity index (χ1v) is 9.26. The molecule has 1 N–H and O–H groups in total. The maximum Gasteiger partial charge on any atom is 0.410 e. The third-order valence-corrected chi connectivity index (χ3v) is 4.81. The minimum absolute atomic E-state index is 0.0542. The van der Waals surface area contributed by atoms with E-state index in [4.69, 9.17) is 4.74 Å². The van der Waals surface area contributed by atoms with E-state index in [1.807, 2.05) is 33.1 Å². The summed E-state index contributed by atoms with van der Waals surface area (Å²) < 4.78 is 5.38. The second-order valence-electron chi connectivity index (χ2n) is 7.27. The largest absolute Gasteiger partial charge is 0.444 e. The van der Waals surface area contributed by atoms with E-state index in [2.05, 4.69) is 10.3 Å². The molecule has 0 radical (unpaired) electrons. The summed E-state index contributed by atoms with van der Waals surface area (Å²) in [4.78, 5) is 30.1. The van der Waals surface area contributed by atoms with Crippen molar-refractivity contribution >= 4 is 23.3 Å². The molecule has 1 aliphatic heterocycles. The minimum atomic E-state index is -0.470. The number of aromatic nitrogens is 1. The van der Waals surface area contributed by atoms with Gasteiger partial charge in [-0.2, -0.15) is 0 Å². The number of hydrogen-bond acceptors (Lipinski definition) is 5. The van der Waals surface area contributed by atoms with Crippen LogP contribution in [0, 0.1) is 12.8 Å². The molecule has 2 amide bonds. The number of rotatable bonds is 4. The van der Waals surface area contributed by atoms with E-state index < -0.39 is 5.60 Å². The summed E-state index contributed by atoms with van der Waals surface area (Å²) in [7, 11) is 0. The van der Waals surface area contributed by atoms with Gasteiger partial charge >= 0.3 is 6.09 Å². The van der Waals surface area contributed by atoms with E-state index in [9.17, 15) is 9.59 Å². The van der Waals surface area contributed by atoms with Crippen LogP contribution in [0.1, 0.15) is 50.7 Å². The van der Waals surface area contributed by atoms with Crippen molar-refractivity contribution in [2.75, 3.05) is 13.1 Å². The van der Waals surface area contributed by atoms with Gasteiger partial charge in [0.2, 0.25) is 5.91 Å². The van der Waals surface area contributed by atoms with Crippen molar-refractivity contribution in [1.82, 2.24) is 15.2 Å². The van der Waals surface area contributed by atoms with Crippen LogP contribution in [0.2, 0.25) is 0 Å². The van der Waals surface area contributed by atoms with E-state index >= 15 is 0 Å². The summed E-state index contributed by atoms with van der Waals surface area (Å²) in [6.07, 6.45) is 1.92. The second-order valence-corrected chi connectivity index (χ2v) is 8.22. The van der Waals surface area contributed by atoms with Gasteiger partial charge in [-0.3, -0.25) is 4.79 Å². The van der Waals surface area contributed by atoms with E-state index in [1.54, 1.807) is 16.2 Å². The number of carbonyl (C=O) groups excluding carboxylic acids is 2. The molecule has 0 bridgehead atoms. The van der Waals surface area contributed by atoms with Crippen LogP contribution in [-0.2, 0) is 16.1 Å². The lowest BCUT2D eigenvalue weighted by molar-refractivity contribution is -0.122. The van der Waals surface area contributed by atoms with Gasteiger partial charge in [-0.1, -0.05) is 0 Å². The van der Waals surface area contributed by atoms with Gasteiger partial charge in [0, 0.05) is 30.6 Å². The van der Waals surface area contributed by atoms with E-state index in [-0.39, 0.29) is 12.0 Å². The number of nitrogens with one attached hydrogen (secondary N) is 1. The zero-order valence-corrected chi connectivity index (χ0v) is 15.7. The van der Waals surface area contributed by atoms with E-state index in [0.717, 1.165) is 23.5 Å². The normalized spacial score (nSPS) is 16.1. The molecule has 134 valence electrons. The number of amides is 2. The van der Waals surface area contributed by atoms with Crippen LogP contribution in [0.3, 0.4) is 0 Å². The highest BCUT2D eigenvalue weighted by Gasteiger charge is 2.27. The van der Waals surface area contributed by atoms with Crippen LogP contribution in [-0.4, -0.2) is 40.6 Å². The van der Waals surface area contributed by atoms with Gasteiger partial charge < -0.3 is 15.0 Å². The van der Waals surface area contributed by atoms with E-state index in [0.29, 0.717) is 32.0 Å². The fraction of sp³-hybridized carbons (Fsp3) is 0.706. The highest BCUT2D eigenvalue weighted by molar-refractivity contribution is 7.09. The fourth-order valence-corrected chi connectivity index (χ4v) is 3.35. The SMILES string of the molecule is Cc1csc(CNC(=O)CC2CCN(C(=O)OC(C)(C)C)CC2)n1. The van der Waals surface area contributed by atoms with Crippen molar-refractivity contribution in [3.63, 3.8) is 0 Å². The first-order chi connectivity index (χ1) is 11.2. The molecule has 1 fully saturated rings. The molecular formula is C17H27N3O3S. The lowest BCUT2D eigenvalue weighted by Gasteiger charge is -2.33. The quantitative estimate of drug-likeness (QED) is 0.903. The molecule has 0 saturated carbocycles. The van der Waals surface area contributed by atoms with Crippen LogP contribution in [0.5, 0.6) is 0 Å². The van der Waals surface area contributed by atoms with Crippen molar-refractivity contribution in [1.29, 1.82) is 0 Å². The van der Waals surface area contributed by atoms with Crippen LogP contribution in [0.4, 0.5) is 4.79 Å². The number of thiazole rings is 1. The number of aryl methyl sites for hydroxylation is 1. The molecule has 24 heavy (non-hydrogen) atoms. The average Bonchev–Trinajstić information content (AvgIpc) is 2.90. The van der Waals surface area contributed by atoms with Gasteiger partial charge in [-0.05, 0) is 46.5 Å². The number of carbonyl (C=O) groups is 2. The predicted octanol–water partition coefficient (Wildman–Crippen LogP) is 3.10. The zero-order valence-electron chi connectivity index (χ0n) is 14.9. The third-order valence-electron chi connectivity index (χ3n) is 3.84. The molecule has 2 heterocycles. The van der Waals surface area contributed by atoms with Crippen molar-refractivity contribution in [3.8, 4) is 0 Å². The Labute approximate surface area is 147 Å². The Bertz CT molecular complexity index is 572. The molecule has 2 rings (SSSR count). The Morgan fingerprint density at radius 3 is 2.58 bits per heavy atom. The molecule has 0 aromatic carbocycles.